The molecule has 3 aromatic rings. The van der Waals surface area contributed by atoms with Crippen LogP contribution in [0.25, 0.3) is 21.5 Å². The maximum absolute atomic E-state index is 11.1. The van der Waals surface area contributed by atoms with Gasteiger partial charge in [0.2, 0.25) is 0 Å². The van der Waals surface area contributed by atoms with Crippen molar-refractivity contribution in [3.8, 4) is 11.5 Å². The number of hydrogen-bond donors (Lipinski definition) is 1. The lowest BCUT2D eigenvalue weighted by Gasteiger charge is -2.24. The Balaban J connectivity index is 1.40. The Morgan fingerprint density at radius 2 is 1.42 bits per heavy atom. The molecule has 0 radical (unpaired) electrons. The summed E-state index contributed by atoms with van der Waals surface area (Å²) in [5.41, 5.74) is 0. The normalized spacial score (nSPS) is 17.5. The van der Waals surface area contributed by atoms with Gasteiger partial charge in [-0.05, 0) is 43.2 Å². The summed E-state index contributed by atoms with van der Waals surface area (Å²) in [5, 5.41) is 14.5. The summed E-state index contributed by atoms with van der Waals surface area (Å²) in [5.74, 6) is 2.06. The number of benzene rings is 3. The minimum absolute atomic E-state index is 0.00342. The summed E-state index contributed by atoms with van der Waals surface area (Å²) in [6.07, 6.45) is 2.86. The second-order valence-corrected chi connectivity index (χ2v) is 11.1. The number of thioether (sulfide) groups is 1. The van der Waals surface area contributed by atoms with Gasteiger partial charge < -0.3 is 28.8 Å². The number of hydrogen-bond acceptors (Lipinski definition) is 7. The molecule has 0 spiro atoms. The first-order valence-corrected chi connectivity index (χ1v) is 15.0. The van der Waals surface area contributed by atoms with Crippen LogP contribution in [0.2, 0.25) is 0 Å². The fraction of sp³-hybridized carbons (Fsp3) is 0.548. The number of phenols is 1. The number of epoxide rings is 1. The standard InChI is InChI=1S/C31H42O6S/c1-5-21(33-17-22(6-2)35-19-24-20-36-24)16-34-23(7-3)18-37-31-27-12-10-9-11-26(27)30(32)29-15-25(38-8-4)13-14-28(29)31/h9-15,21-24,32H,5-8,16-20H2,1-4H3. The van der Waals surface area contributed by atoms with Crippen LogP contribution in [-0.4, -0.2) is 68.3 Å². The molecule has 4 unspecified atom stereocenters. The van der Waals surface area contributed by atoms with Gasteiger partial charge in [-0.25, -0.2) is 0 Å². The van der Waals surface area contributed by atoms with Gasteiger partial charge in [-0.1, -0.05) is 52.0 Å². The molecule has 0 aliphatic carbocycles. The van der Waals surface area contributed by atoms with Crippen molar-refractivity contribution in [2.45, 2.75) is 76.3 Å². The van der Waals surface area contributed by atoms with E-state index in [1.165, 1.54) is 0 Å². The van der Waals surface area contributed by atoms with E-state index >= 15 is 0 Å². The molecule has 6 nitrogen and oxygen atoms in total. The summed E-state index contributed by atoms with van der Waals surface area (Å²) in [6.45, 7) is 11.4. The highest BCUT2D eigenvalue weighted by molar-refractivity contribution is 7.99. The highest BCUT2D eigenvalue weighted by atomic mass is 32.2. The fourth-order valence-corrected chi connectivity index (χ4v) is 5.13. The molecule has 208 valence electrons. The molecule has 0 bridgehead atoms. The van der Waals surface area contributed by atoms with Crippen molar-refractivity contribution in [2.24, 2.45) is 0 Å². The third-order valence-electron chi connectivity index (χ3n) is 6.96. The van der Waals surface area contributed by atoms with E-state index in [9.17, 15) is 5.11 Å². The number of aromatic hydroxyl groups is 1. The first-order valence-electron chi connectivity index (χ1n) is 14.0. The third-order valence-corrected chi connectivity index (χ3v) is 7.84. The zero-order valence-electron chi connectivity index (χ0n) is 23.1. The van der Waals surface area contributed by atoms with E-state index in [-0.39, 0.29) is 24.4 Å². The molecule has 1 saturated heterocycles. The smallest absolute Gasteiger partial charge is 0.135 e. The molecule has 4 atom stereocenters. The average molecular weight is 543 g/mol. The van der Waals surface area contributed by atoms with Gasteiger partial charge in [0.1, 0.15) is 24.2 Å². The van der Waals surface area contributed by atoms with Gasteiger partial charge in [0, 0.05) is 26.4 Å². The number of phenolic OH excluding ortho intramolecular Hbond substituents is 1. The molecule has 1 aliphatic rings. The molecule has 0 saturated carbocycles. The van der Waals surface area contributed by atoms with Gasteiger partial charge in [0.25, 0.3) is 0 Å². The van der Waals surface area contributed by atoms with Crippen LogP contribution in [0, 0.1) is 0 Å². The minimum atomic E-state index is -0.0737. The molecule has 38 heavy (non-hydrogen) atoms. The van der Waals surface area contributed by atoms with Gasteiger partial charge in [-0.15, -0.1) is 11.8 Å². The zero-order chi connectivity index (χ0) is 26.9. The van der Waals surface area contributed by atoms with E-state index in [1.807, 2.05) is 24.3 Å². The molecule has 1 heterocycles. The Kier molecular flexibility index (Phi) is 11.0. The van der Waals surface area contributed by atoms with Crippen molar-refractivity contribution in [1.82, 2.24) is 0 Å². The van der Waals surface area contributed by atoms with Crippen molar-refractivity contribution in [2.75, 3.05) is 38.8 Å². The predicted octanol–water partition coefficient (Wildman–Crippen LogP) is 6.97. The van der Waals surface area contributed by atoms with Crippen LogP contribution in [0.4, 0.5) is 0 Å². The Morgan fingerprint density at radius 3 is 2.05 bits per heavy atom. The maximum Gasteiger partial charge on any atom is 0.135 e. The minimum Gasteiger partial charge on any atom is -0.507 e. The molecule has 1 N–H and O–H groups in total. The molecule has 0 amide bonds. The van der Waals surface area contributed by atoms with Gasteiger partial charge in [-0.3, -0.25) is 0 Å². The van der Waals surface area contributed by atoms with Crippen LogP contribution in [0.1, 0.15) is 47.0 Å². The fourth-order valence-electron chi connectivity index (χ4n) is 4.43. The van der Waals surface area contributed by atoms with Gasteiger partial charge in [0.05, 0.1) is 44.7 Å². The first-order chi connectivity index (χ1) is 18.6. The lowest BCUT2D eigenvalue weighted by molar-refractivity contribution is -0.0886. The Morgan fingerprint density at radius 1 is 0.816 bits per heavy atom. The van der Waals surface area contributed by atoms with Crippen molar-refractivity contribution < 1.29 is 28.8 Å². The Bertz CT molecular complexity index is 1160. The van der Waals surface area contributed by atoms with Crippen molar-refractivity contribution in [3.63, 3.8) is 0 Å². The van der Waals surface area contributed by atoms with Crippen molar-refractivity contribution >= 4 is 33.3 Å². The van der Waals surface area contributed by atoms with Gasteiger partial charge >= 0.3 is 0 Å². The Hall–Kier alpha value is -2.03. The van der Waals surface area contributed by atoms with E-state index in [0.717, 1.165) is 63.8 Å². The van der Waals surface area contributed by atoms with Crippen LogP contribution >= 0.6 is 11.8 Å². The molecule has 4 rings (SSSR count). The summed E-state index contributed by atoms with van der Waals surface area (Å²) in [4.78, 5) is 1.13. The van der Waals surface area contributed by atoms with Crippen molar-refractivity contribution in [1.29, 1.82) is 0 Å². The van der Waals surface area contributed by atoms with Gasteiger partial charge in [0.15, 0.2) is 0 Å². The maximum atomic E-state index is 11.1. The SMILES string of the molecule is CCSc1ccc2c(OCC(CC)OCC(CC)OCC(CC)OCC3CO3)c3ccccc3c(O)c2c1. The highest BCUT2D eigenvalue weighted by Gasteiger charge is 2.24. The van der Waals surface area contributed by atoms with Crippen LogP contribution in [0.5, 0.6) is 11.5 Å². The number of ether oxygens (including phenoxy) is 5. The molecule has 1 fully saturated rings. The third kappa shape index (κ3) is 7.54. The van der Waals surface area contributed by atoms with E-state index in [0.29, 0.717) is 32.2 Å². The average Bonchev–Trinajstić information content (AvgIpc) is 3.78. The second-order valence-electron chi connectivity index (χ2n) is 9.72. The summed E-state index contributed by atoms with van der Waals surface area (Å²) in [6, 6.07) is 14.1. The lowest BCUT2D eigenvalue weighted by atomic mass is 10.0. The second kappa shape index (κ2) is 14.4. The van der Waals surface area contributed by atoms with Gasteiger partial charge in [-0.2, -0.15) is 0 Å². The number of fused-ring (bicyclic) bond motifs is 2. The topological polar surface area (TPSA) is 69.7 Å². The van der Waals surface area contributed by atoms with E-state index in [2.05, 4.69) is 45.9 Å². The van der Waals surface area contributed by atoms with E-state index in [4.69, 9.17) is 23.7 Å². The number of rotatable bonds is 17. The monoisotopic (exact) mass is 542 g/mol. The summed E-state index contributed by atoms with van der Waals surface area (Å²) in [7, 11) is 0. The predicted molar refractivity (Wildman–Crippen MR) is 155 cm³/mol. The summed E-state index contributed by atoms with van der Waals surface area (Å²) < 4.78 is 30.0. The quantitative estimate of drug-likeness (QED) is 0.112. The molecular formula is C31H42O6S. The van der Waals surface area contributed by atoms with Crippen molar-refractivity contribution in [3.05, 3.63) is 42.5 Å². The largest absolute Gasteiger partial charge is 0.507 e. The molecule has 1 aliphatic heterocycles. The van der Waals surface area contributed by atoms with Crippen LogP contribution in [0.15, 0.2) is 47.4 Å². The molecule has 0 aromatic heterocycles. The van der Waals surface area contributed by atoms with Crippen LogP contribution < -0.4 is 4.74 Å². The zero-order valence-corrected chi connectivity index (χ0v) is 23.9. The van der Waals surface area contributed by atoms with E-state index in [1.54, 1.807) is 11.8 Å². The first kappa shape index (κ1) is 29.0. The molecule has 3 aromatic carbocycles. The van der Waals surface area contributed by atoms with E-state index < -0.39 is 0 Å². The van der Waals surface area contributed by atoms with Crippen LogP contribution in [0.3, 0.4) is 0 Å². The molecular weight excluding hydrogens is 500 g/mol. The van der Waals surface area contributed by atoms with Crippen LogP contribution in [-0.2, 0) is 18.9 Å². The lowest BCUT2D eigenvalue weighted by Crippen LogP contribution is -2.30. The summed E-state index contributed by atoms with van der Waals surface area (Å²) >= 11 is 1.76. The molecule has 7 heteroatoms. The highest BCUT2D eigenvalue weighted by Crippen LogP contribution is 2.43. The Labute approximate surface area is 230 Å².